The van der Waals surface area contributed by atoms with Crippen molar-refractivity contribution in [1.29, 1.82) is 0 Å². The molecule has 0 radical (unpaired) electrons. The van der Waals surface area contributed by atoms with Crippen molar-refractivity contribution in [3.05, 3.63) is 29.8 Å². The van der Waals surface area contributed by atoms with Gasteiger partial charge in [-0.1, -0.05) is 45.4 Å². The van der Waals surface area contributed by atoms with Gasteiger partial charge in [0.25, 0.3) is 5.91 Å². The van der Waals surface area contributed by atoms with Gasteiger partial charge in [0.15, 0.2) is 0 Å². The van der Waals surface area contributed by atoms with Crippen LogP contribution >= 0.6 is 0 Å². The van der Waals surface area contributed by atoms with Crippen LogP contribution in [0.1, 0.15) is 66.4 Å². The number of hydrogen-bond acceptors (Lipinski definition) is 5. The van der Waals surface area contributed by atoms with Crippen LogP contribution in [-0.4, -0.2) is 48.0 Å². The summed E-state index contributed by atoms with van der Waals surface area (Å²) in [5.74, 6) is 0.994. The van der Waals surface area contributed by atoms with E-state index in [1.54, 1.807) is 0 Å². The maximum atomic E-state index is 13.0. The molecule has 1 aliphatic rings. The van der Waals surface area contributed by atoms with Gasteiger partial charge in [0, 0.05) is 6.54 Å². The normalized spacial score (nSPS) is 23.2. The fourth-order valence-corrected chi connectivity index (χ4v) is 4.58. The van der Waals surface area contributed by atoms with E-state index in [1.807, 2.05) is 45.0 Å². The number of carbonyl (C=O) groups is 2. The SMILES string of the molecule is CC(C)[C@@H]1CC[C@@H](C)C[C@@]1(O)C(=O)NCCc1ccccc1OCCNC(=O)OC(C)(C)C. The van der Waals surface area contributed by atoms with Crippen LogP contribution in [0.2, 0.25) is 0 Å². The quantitative estimate of drug-likeness (QED) is 0.481. The zero-order valence-corrected chi connectivity index (χ0v) is 21.1. The molecule has 1 aliphatic carbocycles. The molecule has 3 N–H and O–H groups in total. The lowest BCUT2D eigenvalue weighted by molar-refractivity contribution is -0.155. The summed E-state index contributed by atoms with van der Waals surface area (Å²) in [7, 11) is 0. The largest absolute Gasteiger partial charge is 0.491 e. The van der Waals surface area contributed by atoms with Crippen LogP contribution in [0, 0.1) is 17.8 Å². The van der Waals surface area contributed by atoms with Gasteiger partial charge < -0.3 is 25.2 Å². The summed E-state index contributed by atoms with van der Waals surface area (Å²) in [4.78, 5) is 24.7. The summed E-state index contributed by atoms with van der Waals surface area (Å²) in [5, 5.41) is 16.9. The van der Waals surface area contributed by atoms with Crippen molar-refractivity contribution in [3.8, 4) is 5.75 Å². The lowest BCUT2D eigenvalue weighted by Gasteiger charge is -2.43. The number of aliphatic hydroxyl groups is 1. The molecule has 0 bridgehead atoms. The van der Waals surface area contributed by atoms with E-state index in [1.165, 1.54) is 0 Å². The van der Waals surface area contributed by atoms with Crippen LogP contribution < -0.4 is 15.4 Å². The Balaban J connectivity index is 1.86. The second-order valence-electron chi connectivity index (χ2n) is 10.6. The van der Waals surface area contributed by atoms with Gasteiger partial charge in [-0.05, 0) is 69.4 Å². The first-order valence-corrected chi connectivity index (χ1v) is 12.1. The molecule has 1 aromatic rings. The van der Waals surface area contributed by atoms with Gasteiger partial charge in [0.05, 0.1) is 6.54 Å². The van der Waals surface area contributed by atoms with Gasteiger partial charge >= 0.3 is 6.09 Å². The van der Waals surface area contributed by atoms with Crippen molar-refractivity contribution in [2.45, 2.75) is 78.4 Å². The average molecular weight is 463 g/mol. The minimum absolute atomic E-state index is 0.0261. The topological polar surface area (TPSA) is 96.9 Å². The number of amides is 2. The summed E-state index contributed by atoms with van der Waals surface area (Å²) in [6.45, 7) is 12.7. The highest BCUT2D eigenvalue weighted by molar-refractivity contribution is 5.85. The van der Waals surface area contributed by atoms with E-state index in [0.29, 0.717) is 44.2 Å². The fraction of sp³-hybridized carbons (Fsp3) is 0.692. The monoisotopic (exact) mass is 462 g/mol. The molecule has 1 fully saturated rings. The Labute approximate surface area is 198 Å². The molecule has 3 atom stereocenters. The molecule has 7 heteroatoms. The van der Waals surface area contributed by atoms with Crippen LogP contribution in [0.5, 0.6) is 5.75 Å². The maximum Gasteiger partial charge on any atom is 0.407 e. The van der Waals surface area contributed by atoms with E-state index in [4.69, 9.17) is 9.47 Å². The number of para-hydroxylation sites is 1. The third kappa shape index (κ3) is 8.22. The Bertz CT molecular complexity index is 789. The Morgan fingerprint density at radius 3 is 2.52 bits per heavy atom. The summed E-state index contributed by atoms with van der Waals surface area (Å²) in [6.07, 6.45) is 2.53. The van der Waals surface area contributed by atoms with Crippen molar-refractivity contribution in [1.82, 2.24) is 10.6 Å². The molecule has 0 spiro atoms. The smallest absolute Gasteiger partial charge is 0.407 e. The van der Waals surface area contributed by atoms with Crippen molar-refractivity contribution >= 4 is 12.0 Å². The predicted molar refractivity (Wildman–Crippen MR) is 129 cm³/mol. The first kappa shape index (κ1) is 27.0. The molecule has 0 heterocycles. The maximum absolute atomic E-state index is 13.0. The van der Waals surface area contributed by atoms with Gasteiger partial charge in [0.1, 0.15) is 23.6 Å². The second-order valence-corrected chi connectivity index (χ2v) is 10.6. The zero-order chi connectivity index (χ0) is 24.6. The molecule has 0 aromatic heterocycles. The summed E-state index contributed by atoms with van der Waals surface area (Å²) in [5.41, 5.74) is -0.894. The third-order valence-electron chi connectivity index (χ3n) is 6.12. The first-order valence-electron chi connectivity index (χ1n) is 12.1. The van der Waals surface area contributed by atoms with Crippen LogP contribution in [0.4, 0.5) is 4.79 Å². The summed E-state index contributed by atoms with van der Waals surface area (Å²) >= 11 is 0. The molecule has 186 valence electrons. The minimum Gasteiger partial charge on any atom is -0.491 e. The fourth-order valence-electron chi connectivity index (χ4n) is 4.58. The molecule has 2 rings (SSSR count). The molecule has 1 aromatic carbocycles. The van der Waals surface area contributed by atoms with E-state index in [2.05, 4.69) is 31.4 Å². The van der Waals surface area contributed by atoms with Crippen molar-refractivity contribution < 1.29 is 24.2 Å². The van der Waals surface area contributed by atoms with E-state index in [9.17, 15) is 14.7 Å². The van der Waals surface area contributed by atoms with E-state index < -0.39 is 17.3 Å². The summed E-state index contributed by atoms with van der Waals surface area (Å²) in [6, 6.07) is 7.64. The minimum atomic E-state index is -1.31. The molecule has 33 heavy (non-hydrogen) atoms. The molecule has 7 nitrogen and oxygen atoms in total. The van der Waals surface area contributed by atoms with Gasteiger partial charge in [-0.25, -0.2) is 4.79 Å². The van der Waals surface area contributed by atoms with Crippen molar-refractivity contribution in [2.75, 3.05) is 19.7 Å². The Morgan fingerprint density at radius 1 is 1.15 bits per heavy atom. The molecule has 0 saturated heterocycles. The number of hydrogen-bond donors (Lipinski definition) is 3. The number of alkyl carbamates (subject to hydrolysis) is 1. The number of rotatable bonds is 9. The number of ether oxygens (including phenoxy) is 2. The van der Waals surface area contributed by atoms with E-state index in [-0.39, 0.29) is 17.7 Å². The first-order chi connectivity index (χ1) is 15.4. The van der Waals surface area contributed by atoms with Crippen LogP contribution in [-0.2, 0) is 16.0 Å². The lowest BCUT2D eigenvalue weighted by Crippen LogP contribution is -2.56. The van der Waals surface area contributed by atoms with Crippen molar-refractivity contribution in [2.24, 2.45) is 17.8 Å². The predicted octanol–water partition coefficient (Wildman–Crippen LogP) is 4.07. The average Bonchev–Trinajstić information content (AvgIpc) is 2.70. The number of benzene rings is 1. The molecule has 0 unspecified atom stereocenters. The third-order valence-corrected chi connectivity index (χ3v) is 6.12. The standard InChI is InChI=1S/C26H42N2O5/c1-18(2)21-12-11-19(3)17-26(21,31)23(29)27-14-13-20-9-7-8-10-22(20)32-16-15-28-24(30)33-25(4,5)6/h7-10,18-19,21,31H,11-17H2,1-6H3,(H,27,29)(H,28,30)/t19-,21+,26+/m1/s1. The highest BCUT2D eigenvalue weighted by Crippen LogP contribution is 2.41. The van der Waals surface area contributed by atoms with Crippen LogP contribution in [0.3, 0.4) is 0 Å². The highest BCUT2D eigenvalue weighted by atomic mass is 16.6. The molecule has 0 aliphatic heterocycles. The van der Waals surface area contributed by atoms with Gasteiger partial charge in [-0.2, -0.15) is 0 Å². The molecular weight excluding hydrogens is 420 g/mol. The zero-order valence-electron chi connectivity index (χ0n) is 21.1. The number of carbonyl (C=O) groups excluding carboxylic acids is 2. The molecule has 1 saturated carbocycles. The van der Waals surface area contributed by atoms with Crippen molar-refractivity contribution in [3.63, 3.8) is 0 Å². The summed E-state index contributed by atoms with van der Waals surface area (Å²) < 4.78 is 11.1. The van der Waals surface area contributed by atoms with Gasteiger partial charge in [-0.15, -0.1) is 0 Å². The highest BCUT2D eigenvalue weighted by Gasteiger charge is 2.48. The number of nitrogens with one attached hydrogen (secondary N) is 2. The lowest BCUT2D eigenvalue weighted by atomic mass is 9.66. The van der Waals surface area contributed by atoms with E-state index >= 15 is 0 Å². The van der Waals surface area contributed by atoms with Gasteiger partial charge in [-0.3, -0.25) is 4.79 Å². The Morgan fingerprint density at radius 2 is 1.85 bits per heavy atom. The Hall–Kier alpha value is -2.28. The van der Waals surface area contributed by atoms with Crippen LogP contribution in [0.15, 0.2) is 24.3 Å². The molecular formula is C26H42N2O5. The second kappa shape index (κ2) is 11.7. The van der Waals surface area contributed by atoms with E-state index in [0.717, 1.165) is 18.4 Å². The molecule has 2 amide bonds. The van der Waals surface area contributed by atoms with Crippen LogP contribution in [0.25, 0.3) is 0 Å². The van der Waals surface area contributed by atoms with Gasteiger partial charge in [0.2, 0.25) is 0 Å². The Kier molecular flexibility index (Phi) is 9.58.